The summed E-state index contributed by atoms with van der Waals surface area (Å²) in [5.41, 5.74) is 1.44. The van der Waals surface area contributed by atoms with Crippen LogP contribution in [0, 0.1) is 0 Å². The number of benzene rings is 1. The van der Waals surface area contributed by atoms with Crippen LogP contribution in [-0.2, 0) is 10.2 Å². The fourth-order valence-corrected chi connectivity index (χ4v) is 2.11. The minimum Gasteiger partial charge on any atom is -0.490 e. The average Bonchev–Trinajstić information content (AvgIpc) is 2.49. The highest BCUT2D eigenvalue weighted by atomic mass is 16.5. The van der Waals surface area contributed by atoms with Gasteiger partial charge in [0.2, 0.25) is 0 Å². The zero-order valence-corrected chi connectivity index (χ0v) is 9.49. The van der Waals surface area contributed by atoms with Crippen LogP contribution in [0.1, 0.15) is 18.9 Å². The van der Waals surface area contributed by atoms with Gasteiger partial charge in [0.1, 0.15) is 0 Å². The van der Waals surface area contributed by atoms with Gasteiger partial charge in [-0.05, 0) is 17.7 Å². The molecular formula is C13H16O3. The van der Waals surface area contributed by atoms with Crippen molar-refractivity contribution in [3.05, 3.63) is 23.8 Å². The van der Waals surface area contributed by atoms with Crippen molar-refractivity contribution in [2.45, 2.75) is 18.8 Å². The van der Waals surface area contributed by atoms with E-state index in [2.05, 4.69) is 19.1 Å². The summed E-state index contributed by atoms with van der Waals surface area (Å²) in [6.07, 6.45) is 0.949. The van der Waals surface area contributed by atoms with Crippen LogP contribution < -0.4 is 9.47 Å². The van der Waals surface area contributed by atoms with Gasteiger partial charge in [-0.3, -0.25) is 0 Å². The first-order valence-corrected chi connectivity index (χ1v) is 5.76. The summed E-state index contributed by atoms with van der Waals surface area (Å²) in [6.45, 7) is 5.30. The van der Waals surface area contributed by atoms with Gasteiger partial charge in [-0.2, -0.15) is 0 Å². The van der Waals surface area contributed by atoms with Crippen LogP contribution >= 0.6 is 0 Å². The summed E-state index contributed by atoms with van der Waals surface area (Å²) in [4.78, 5) is 0. The van der Waals surface area contributed by atoms with Gasteiger partial charge in [0.15, 0.2) is 11.5 Å². The van der Waals surface area contributed by atoms with Gasteiger partial charge < -0.3 is 14.2 Å². The van der Waals surface area contributed by atoms with Crippen molar-refractivity contribution >= 4 is 0 Å². The van der Waals surface area contributed by atoms with E-state index in [1.165, 1.54) is 5.56 Å². The maximum absolute atomic E-state index is 5.69. The molecule has 3 heteroatoms. The van der Waals surface area contributed by atoms with Gasteiger partial charge in [-0.15, -0.1) is 0 Å². The van der Waals surface area contributed by atoms with E-state index in [1.807, 2.05) is 6.07 Å². The van der Waals surface area contributed by atoms with E-state index in [9.17, 15) is 0 Å². The molecular weight excluding hydrogens is 204 g/mol. The Bertz CT molecular complexity index is 396. The molecule has 16 heavy (non-hydrogen) atoms. The van der Waals surface area contributed by atoms with E-state index in [-0.39, 0.29) is 5.41 Å². The standard InChI is InChI=1S/C13H16O3/c1-13(8-14-9-13)10-3-4-11-12(7-10)16-6-2-5-15-11/h3-4,7H,2,5-6,8-9H2,1H3. The first-order valence-electron chi connectivity index (χ1n) is 5.76. The lowest BCUT2D eigenvalue weighted by Crippen LogP contribution is -2.43. The lowest BCUT2D eigenvalue weighted by molar-refractivity contribution is -0.0500. The second kappa shape index (κ2) is 3.67. The first kappa shape index (κ1) is 9.97. The molecule has 2 aliphatic rings. The minimum atomic E-state index is 0.157. The first-order chi connectivity index (χ1) is 7.78. The lowest BCUT2D eigenvalue weighted by atomic mass is 9.81. The number of fused-ring (bicyclic) bond motifs is 1. The highest BCUT2D eigenvalue weighted by Crippen LogP contribution is 2.38. The van der Waals surface area contributed by atoms with Crippen molar-refractivity contribution < 1.29 is 14.2 Å². The summed E-state index contributed by atoms with van der Waals surface area (Å²) < 4.78 is 16.6. The zero-order chi connectivity index (χ0) is 11.0. The molecule has 1 saturated heterocycles. The van der Waals surface area contributed by atoms with E-state index in [1.54, 1.807) is 0 Å². The number of hydrogen-bond acceptors (Lipinski definition) is 3. The third kappa shape index (κ3) is 1.55. The fraction of sp³-hybridized carbons (Fsp3) is 0.538. The molecule has 0 unspecified atom stereocenters. The molecule has 1 aromatic rings. The van der Waals surface area contributed by atoms with Gasteiger partial charge in [0.05, 0.1) is 26.4 Å². The monoisotopic (exact) mass is 220 g/mol. The molecule has 3 nitrogen and oxygen atoms in total. The summed E-state index contributed by atoms with van der Waals surface area (Å²) in [7, 11) is 0. The van der Waals surface area contributed by atoms with Crippen LogP contribution in [-0.4, -0.2) is 26.4 Å². The van der Waals surface area contributed by atoms with E-state index in [0.29, 0.717) is 0 Å². The molecule has 0 aromatic heterocycles. The van der Waals surface area contributed by atoms with Gasteiger partial charge in [0.25, 0.3) is 0 Å². The Balaban J connectivity index is 1.94. The van der Waals surface area contributed by atoms with E-state index < -0.39 is 0 Å². The third-order valence-corrected chi connectivity index (χ3v) is 3.29. The van der Waals surface area contributed by atoms with Crippen LogP contribution in [0.15, 0.2) is 18.2 Å². The van der Waals surface area contributed by atoms with Crippen molar-refractivity contribution in [3.63, 3.8) is 0 Å². The highest BCUT2D eigenvalue weighted by molar-refractivity contribution is 5.46. The Kier molecular flexibility index (Phi) is 2.28. The van der Waals surface area contributed by atoms with Crippen molar-refractivity contribution in [1.29, 1.82) is 0 Å². The van der Waals surface area contributed by atoms with Crippen molar-refractivity contribution in [1.82, 2.24) is 0 Å². The molecule has 0 amide bonds. The van der Waals surface area contributed by atoms with E-state index in [4.69, 9.17) is 14.2 Å². The van der Waals surface area contributed by atoms with Crippen molar-refractivity contribution in [3.8, 4) is 11.5 Å². The maximum Gasteiger partial charge on any atom is 0.161 e. The molecule has 0 atom stereocenters. The Morgan fingerprint density at radius 3 is 2.50 bits per heavy atom. The van der Waals surface area contributed by atoms with Crippen LogP contribution in [0.2, 0.25) is 0 Å². The highest BCUT2D eigenvalue weighted by Gasteiger charge is 2.35. The zero-order valence-electron chi connectivity index (χ0n) is 9.49. The Morgan fingerprint density at radius 1 is 1.06 bits per heavy atom. The van der Waals surface area contributed by atoms with Crippen molar-refractivity contribution in [2.24, 2.45) is 0 Å². The molecule has 2 aliphatic heterocycles. The fourth-order valence-electron chi connectivity index (χ4n) is 2.11. The summed E-state index contributed by atoms with van der Waals surface area (Å²) >= 11 is 0. The third-order valence-electron chi connectivity index (χ3n) is 3.29. The van der Waals surface area contributed by atoms with E-state index in [0.717, 1.165) is 44.3 Å². The molecule has 1 aromatic carbocycles. The molecule has 1 fully saturated rings. The van der Waals surface area contributed by atoms with E-state index >= 15 is 0 Å². The van der Waals surface area contributed by atoms with Gasteiger partial charge in [-0.1, -0.05) is 13.0 Å². The molecule has 0 aliphatic carbocycles. The molecule has 0 spiro atoms. The Hall–Kier alpha value is -1.22. The summed E-state index contributed by atoms with van der Waals surface area (Å²) in [5.74, 6) is 1.74. The van der Waals surface area contributed by atoms with Crippen LogP contribution in [0.5, 0.6) is 11.5 Å². The Morgan fingerprint density at radius 2 is 1.81 bits per heavy atom. The SMILES string of the molecule is CC1(c2ccc3c(c2)OCCCO3)COC1. The molecule has 86 valence electrons. The van der Waals surface area contributed by atoms with Gasteiger partial charge in [-0.25, -0.2) is 0 Å². The normalized spacial score (nSPS) is 22.1. The molecule has 0 radical (unpaired) electrons. The van der Waals surface area contributed by atoms with Gasteiger partial charge in [0, 0.05) is 11.8 Å². The largest absolute Gasteiger partial charge is 0.490 e. The minimum absolute atomic E-state index is 0.157. The lowest BCUT2D eigenvalue weighted by Gasteiger charge is -2.38. The summed E-state index contributed by atoms with van der Waals surface area (Å²) in [5, 5.41) is 0. The average molecular weight is 220 g/mol. The second-order valence-corrected chi connectivity index (χ2v) is 4.77. The quantitative estimate of drug-likeness (QED) is 0.725. The number of rotatable bonds is 1. The smallest absolute Gasteiger partial charge is 0.161 e. The number of hydrogen-bond donors (Lipinski definition) is 0. The molecule has 2 heterocycles. The van der Waals surface area contributed by atoms with Gasteiger partial charge >= 0.3 is 0 Å². The summed E-state index contributed by atoms with van der Waals surface area (Å²) in [6, 6.07) is 6.23. The van der Waals surface area contributed by atoms with Crippen LogP contribution in [0.25, 0.3) is 0 Å². The molecule has 0 N–H and O–H groups in total. The van der Waals surface area contributed by atoms with Crippen LogP contribution in [0.4, 0.5) is 0 Å². The van der Waals surface area contributed by atoms with Crippen LogP contribution in [0.3, 0.4) is 0 Å². The predicted octanol–water partition coefficient (Wildman–Crippen LogP) is 2.14. The maximum atomic E-state index is 5.69. The van der Waals surface area contributed by atoms with Crippen molar-refractivity contribution in [2.75, 3.05) is 26.4 Å². The molecule has 3 rings (SSSR count). The number of ether oxygens (including phenoxy) is 3. The topological polar surface area (TPSA) is 27.7 Å². The second-order valence-electron chi connectivity index (χ2n) is 4.77. The Labute approximate surface area is 95.3 Å². The molecule has 0 bridgehead atoms. The molecule has 0 saturated carbocycles. The predicted molar refractivity (Wildman–Crippen MR) is 60.2 cm³/mol.